The molecule has 1 aliphatic heterocycles. The highest BCUT2D eigenvalue weighted by atomic mass is 16.5. The van der Waals surface area contributed by atoms with Crippen molar-refractivity contribution in [3.05, 3.63) is 98.3 Å². The van der Waals surface area contributed by atoms with Crippen molar-refractivity contribution in [3.63, 3.8) is 0 Å². The molecule has 0 aliphatic carbocycles. The molecule has 0 atom stereocenters. The van der Waals surface area contributed by atoms with Crippen LogP contribution in [0.25, 0.3) is 5.69 Å². The van der Waals surface area contributed by atoms with Crippen LogP contribution in [-0.2, 0) is 24.2 Å². The molecule has 0 saturated carbocycles. The van der Waals surface area contributed by atoms with E-state index in [1.54, 1.807) is 9.36 Å². The summed E-state index contributed by atoms with van der Waals surface area (Å²) in [6.07, 6.45) is 1.28. The number of nitrogens with zero attached hydrogens (tertiary/aromatic N) is 2. The van der Waals surface area contributed by atoms with Crippen LogP contribution in [0, 0.1) is 20.8 Å². The molecular weight excluding hydrogens is 478 g/mol. The number of carbonyl (C=O) groups is 1. The Bertz CT molecular complexity index is 1560. The van der Waals surface area contributed by atoms with Gasteiger partial charge in [-0.1, -0.05) is 48.9 Å². The predicted octanol–water partition coefficient (Wildman–Crippen LogP) is 5.86. The van der Waals surface area contributed by atoms with E-state index in [4.69, 9.17) is 9.47 Å². The van der Waals surface area contributed by atoms with Gasteiger partial charge in [-0.25, -0.2) is 9.36 Å². The second-order valence-electron chi connectivity index (χ2n) is 9.76. The molecule has 38 heavy (non-hydrogen) atoms. The van der Waals surface area contributed by atoms with Crippen LogP contribution in [-0.4, -0.2) is 21.9 Å². The molecule has 0 saturated heterocycles. The van der Waals surface area contributed by atoms with Crippen molar-refractivity contribution in [3.8, 4) is 23.1 Å². The lowest BCUT2D eigenvalue weighted by Crippen LogP contribution is -2.27. The molecule has 4 aromatic rings. The standard InChI is InChI=1S/C31H33N3O4/c1-6-22-11-13-24(14-12-22)34-30(36)25-17-23-9-8-10-26(37-7-2)29(23)38-31(25)33(34)18-27(35)32-28-20(4)15-19(3)16-21(28)5/h8-16H,6-7,17-18H2,1-5H3,(H,32,35). The van der Waals surface area contributed by atoms with Crippen molar-refractivity contribution in [2.75, 3.05) is 11.9 Å². The number of amides is 1. The molecule has 0 bridgehead atoms. The number of hydrogen-bond donors (Lipinski definition) is 1. The summed E-state index contributed by atoms with van der Waals surface area (Å²) >= 11 is 0. The van der Waals surface area contributed by atoms with Gasteiger partial charge in [-0.3, -0.25) is 9.59 Å². The average molecular weight is 512 g/mol. The molecule has 0 unspecified atom stereocenters. The normalized spacial score (nSPS) is 11.9. The summed E-state index contributed by atoms with van der Waals surface area (Å²) < 4.78 is 15.4. The summed E-state index contributed by atoms with van der Waals surface area (Å²) in [6.45, 7) is 10.4. The van der Waals surface area contributed by atoms with Crippen molar-refractivity contribution < 1.29 is 14.3 Å². The van der Waals surface area contributed by atoms with Crippen LogP contribution >= 0.6 is 0 Å². The Morgan fingerprint density at radius 2 is 1.74 bits per heavy atom. The molecular formula is C31H33N3O4. The van der Waals surface area contributed by atoms with Gasteiger partial charge in [0, 0.05) is 17.7 Å². The maximum atomic E-state index is 13.8. The van der Waals surface area contributed by atoms with Crippen molar-refractivity contribution >= 4 is 11.6 Å². The number of hydrogen-bond acceptors (Lipinski definition) is 4. The second-order valence-corrected chi connectivity index (χ2v) is 9.76. The van der Waals surface area contributed by atoms with E-state index in [9.17, 15) is 9.59 Å². The fourth-order valence-corrected chi connectivity index (χ4v) is 5.18. The lowest BCUT2D eigenvalue weighted by atomic mass is 10.0. The number of benzene rings is 3. The van der Waals surface area contributed by atoms with Gasteiger partial charge < -0.3 is 14.8 Å². The number of para-hydroxylation sites is 1. The Labute approximate surface area is 222 Å². The van der Waals surface area contributed by atoms with E-state index >= 15 is 0 Å². The number of anilines is 1. The van der Waals surface area contributed by atoms with Crippen LogP contribution in [0.5, 0.6) is 17.4 Å². The lowest BCUT2D eigenvalue weighted by Gasteiger charge is -2.22. The van der Waals surface area contributed by atoms with E-state index < -0.39 is 0 Å². The molecule has 7 nitrogen and oxygen atoms in total. The monoisotopic (exact) mass is 511 g/mol. The van der Waals surface area contributed by atoms with E-state index in [1.807, 2.05) is 82.3 Å². The third-order valence-electron chi connectivity index (χ3n) is 6.93. The largest absolute Gasteiger partial charge is 0.490 e. The molecule has 0 fully saturated rings. The predicted molar refractivity (Wildman–Crippen MR) is 149 cm³/mol. The van der Waals surface area contributed by atoms with Gasteiger partial charge in [0.1, 0.15) is 6.54 Å². The fourth-order valence-electron chi connectivity index (χ4n) is 5.18. The van der Waals surface area contributed by atoms with Gasteiger partial charge in [0.05, 0.1) is 17.9 Å². The van der Waals surface area contributed by atoms with Gasteiger partial charge in [-0.2, -0.15) is 0 Å². The van der Waals surface area contributed by atoms with Crippen LogP contribution in [0.4, 0.5) is 5.69 Å². The maximum Gasteiger partial charge on any atom is 0.278 e. The molecule has 3 aromatic carbocycles. The highest BCUT2D eigenvalue weighted by Gasteiger charge is 2.31. The first-order valence-corrected chi connectivity index (χ1v) is 13.0. The molecule has 196 valence electrons. The van der Waals surface area contributed by atoms with Gasteiger partial charge in [0.25, 0.3) is 5.56 Å². The lowest BCUT2D eigenvalue weighted by molar-refractivity contribution is -0.117. The Balaban J connectivity index is 1.59. The van der Waals surface area contributed by atoms with E-state index in [2.05, 4.69) is 12.2 Å². The SMILES string of the molecule is CCOc1cccc2c1Oc1c(c(=O)n(-c3ccc(CC)cc3)n1CC(=O)Nc1c(C)cc(C)cc1C)C2. The van der Waals surface area contributed by atoms with Crippen LogP contribution in [0.2, 0.25) is 0 Å². The number of ether oxygens (including phenoxy) is 2. The molecule has 5 rings (SSSR count). The molecule has 2 heterocycles. The van der Waals surface area contributed by atoms with Gasteiger partial charge in [0.2, 0.25) is 11.8 Å². The zero-order chi connectivity index (χ0) is 27.0. The van der Waals surface area contributed by atoms with Crippen LogP contribution < -0.4 is 20.3 Å². The fraction of sp³-hybridized carbons (Fsp3) is 0.290. The minimum Gasteiger partial charge on any atom is -0.490 e. The maximum absolute atomic E-state index is 13.8. The molecule has 7 heteroatoms. The molecule has 0 radical (unpaired) electrons. The molecule has 1 aromatic heterocycles. The Morgan fingerprint density at radius 1 is 1.03 bits per heavy atom. The molecule has 1 amide bonds. The van der Waals surface area contributed by atoms with E-state index in [1.165, 1.54) is 0 Å². The van der Waals surface area contributed by atoms with E-state index in [0.717, 1.165) is 39.9 Å². The van der Waals surface area contributed by atoms with Gasteiger partial charge >= 0.3 is 0 Å². The number of rotatable bonds is 7. The van der Waals surface area contributed by atoms with E-state index in [-0.39, 0.29) is 18.0 Å². The van der Waals surface area contributed by atoms with Crippen molar-refractivity contribution in [1.29, 1.82) is 0 Å². The Kier molecular flexibility index (Phi) is 6.85. The van der Waals surface area contributed by atoms with Crippen molar-refractivity contribution in [2.24, 2.45) is 0 Å². The van der Waals surface area contributed by atoms with Gasteiger partial charge in [-0.15, -0.1) is 0 Å². The summed E-state index contributed by atoms with van der Waals surface area (Å²) in [5.41, 5.74) is 6.93. The third kappa shape index (κ3) is 4.60. The minimum atomic E-state index is -0.246. The van der Waals surface area contributed by atoms with Crippen LogP contribution in [0.3, 0.4) is 0 Å². The first-order chi connectivity index (χ1) is 18.3. The van der Waals surface area contributed by atoms with Crippen LogP contribution in [0.15, 0.2) is 59.4 Å². The van der Waals surface area contributed by atoms with Crippen molar-refractivity contribution in [2.45, 2.75) is 54.0 Å². The smallest absolute Gasteiger partial charge is 0.278 e. The molecule has 1 aliphatic rings. The van der Waals surface area contributed by atoms with Crippen molar-refractivity contribution in [1.82, 2.24) is 9.36 Å². The van der Waals surface area contributed by atoms with Gasteiger partial charge in [0.15, 0.2) is 11.5 Å². The highest BCUT2D eigenvalue weighted by molar-refractivity contribution is 5.92. The zero-order valence-electron chi connectivity index (χ0n) is 22.6. The third-order valence-corrected chi connectivity index (χ3v) is 6.93. The number of aromatic nitrogens is 2. The number of aryl methyl sites for hydroxylation is 4. The molecule has 1 N–H and O–H groups in total. The summed E-state index contributed by atoms with van der Waals surface area (Å²) in [5.74, 6) is 1.32. The highest BCUT2D eigenvalue weighted by Crippen LogP contribution is 2.42. The number of fused-ring (bicyclic) bond motifs is 2. The Morgan fingerprint density at radius 3 is 2.39 bits per heavy atom. The zero-order valence-corrected chi connectivity index (χ0v) is 22.6. The summed E-state index contributed by atoms with van der Waals surface area (Å²) in [4.78, 5) is 27.2. The quantitative estimate of drug-likeness (QED) is 0.297. The molecule has 0 spiro atoms. The first kappa shape index (κ1) is 25.4. The summed E-state index contributed by atoms with van der Waals surface area (Å²) in [5, 5.41) is 3.06. The summed E-state index contributed by atoms with van der Waals surface area (Å²) in [7, 11) is 0. The Hall–Kier alpha value is -4.26. The summed E-state index contributed by atoms with van der Waals surface area (Å²) in [6, 6.07) is 17.6. The topological polar surface area (TPSA) is 74.5 Å². The van der Waals surface area contributed by atoms with E-state index in [0.29, 0.717) is 41.7 Å². The first-order valence-electron chi connectivity index (χ1n) is 13.0. The number of nitrogens with one attached hydrogen (secondary N) is 1. The number of carbonyl (C=O) groups excluding carboxylic acids is 1. The van der Waals surface area contributed by atoms with Gasteiger partial charge in [-0.05, 0) is 69.0 Å². The minimum absolute atomic E-state index is 0.0982. The van der Waals surface area contributed by atoms with Crippen LogP contribution in [0.1, 0.15) is 47.2 Å². The second kappa shape index (κ2) is 10.2. The average Bonchev–Trinajstić information content (AvgIpc) is 3.15.